The highest BCUT2D eigenvalue weighted by Gasteiger charge is 2.19. The molecular weight excluding hydrogens is 973 g/mol. The third-order valence-corrected chi connectivity index (χ3v) is 16.1. The third kappa shape index (κ3) is 66.3. The number of carbonyl (C=O) groups excluding carboxylic acids is 3. The number of carbonyl (C=O) groups is 3. The van der Waals surface area contributed by atoms with E-state index in [0.29, 0.717) is 19.3 Å². The summed E-state index contributed by atoms with van der Waals surface area (Å²) >= 11 is 0. The van der Waals surface area contributed by atoms with Crippen molar-refractivity contribution in [2.24, 2.45) is 0 Å². The van der Waals surface area contributed by atoms with Gasteiger partial charge in [-0.05, 0) is 77.0 Å². The summed E-state index contributed by atoms with van der Waals surface area (Å²) in [7, 11) is 0. The molecule has 0 N–H and O–H groups in total. The fourth-order valence-electron chi connectivity index (χ4n) is 10.8. The maximum atomic E-state index is 13.0. The predicted octanol–water partition coefficient (Wildman–Crippen LogP) is 24.3. The molecule has 0 bridgehead atoms. The fourth-order valence-corrected chi connectivity index (χ4v) is 10.8. The number of unbranched alkanes of at least 4 members (excludes halogenated alkanes) is 49. The van der Waals surface area contributed by atoms with E-state index in [1.807, 2.05) is 0 Å². The summed E-state index contributed by atoms with van der Waals surface area (Å²) in [5.74, 6) is -0.843. The Bertz CT molecular complexity index is 1320. The molecule has 79 heavy (non-hydrogen) atoms. The van der Waals surface area contributed by atoms with E-state index in [-0.39, 0.29) is 31.1 Å². The Hall–Kier alpha value is -2.37. The second-order valence-electron chi connectivity index (χ2n) is 24.1. The van der Waals surface area contributed by atoms with Gasteiger partial charge in [-0.25, -0.2) is 0 Å². The lowest BCUT2D eigenvalue weighted by Gasteiger charge is -2.18. The Morgan fingerprint density at radius 3 is 0.709 bits per heavy atom. The maximum absolute atomic E-state index is 13.0. The third-order valence-electron chi connectivity index (χ3n) is 16.1. The van der Waals surface area contributed by atoms with Gasteiger partial charge in [0.1, 0.15) is 13.2 Å². The molecule has 0 radical (unpaired) electrons. The molecule has 0 rings (SSSR count). The van der Waals surface area contributed by atoms with Gasteiger partial charge < -0.3 is 14.2 Å². The minimum Gasteiger partial charge on any atom is -0.462 e. The fraction of sp³-hybridized carbons (Fsp3) is 0.877. The average Bonchev–Trinajstić information content (AvgIpc) is 3.45. The molecule has 0 amide bonds. The molecule has 0 saturated carbocycles. The zero-order chi connectivity index (χ0) is 57.1. The summed E-state index contributed by atoms with van der Waals surface area (Å²) < 4.78 is 17.0. The largest absolute Gasteiger partial charge is 0.462 e. The lowest BCUT2D eigenvalue weighted by molar-refractivity contribution is -0.167. The minimum atomic E-state index is -0.773. The molecule has 0 heterocycles. The second-order valence-corrected chi connectivity index (χ2v) is 24.1. The van der Waals surface area contributed by atoms with Gasteiger partial charge in [0.15, 0.2) is 6.10 Å². The van der Waals surface area contributed by atoms with Crippen LogP contribution >= 0.6 is 0 Å². The highest BCUT2D eigenvalue weighted by Crippen LogP contribution is 2.18. The van der Waals surface area contributed by atoms with Crippen LogP contribution in [-0.4, -0.2) is 37.2 Å². The second kappa shape index (κ2) is 68.1. The van der Waals surface area contributed by atoms with Crippen molar-refractivity contribution in [3.8, 4) is 0 Å². The van der Waals surface area contributed by atoms with Crippen molar-refractivity contribution in [3.05, 3.63) is 36.5 Å². The van der Waals surface area contributed by atoms with Crippen LogP contribution in [0.15, 0.2) is 36.5 Å². The van der Waals surface area contributed by atoms with E-state index in [9.17, 15) is 14.4 Å². The molecule has 0 saturated heterocycles. The van der Waals surface area contributed by atoms with Gasteiger partial charge in [-0.15, -0.1) is 0 Å². The number of esters is 3. The van der Waals surface area contributed by atoms with E-state index in [0.717, 1.165) is 64.2 Å². The maximum Gasteiger partial charge on any atom is 0.306 e. The summed E-state index contributed by atoms with van der Waals surface area (Å²) in [6.07, 6.45) is 84.5. The summed E-state index contributed by atoms with van der Waals surface area (Å²) in [6, 6.07) is 0. The van der Waals surface area contributed by atoms with E-state index in [1.54, 1.807) is 0 Å². The van der Waals surface area contributed by atoms with Crippen LogP contribution in [0, 0.1) is 0 Å². The van der Waals surface area contributed by atoms with Gasteiger partial charge in [-0.1, -0.05) is 333 Å². The highest BCUT2D eigenvalue weighted by molar-refractivity contribution is 5.71. The lowest BCUT2D eigenvalue weighted by atomic mass is 10.0. The van der Waals surface area contributed by atoms with Crippen molar-refractivity contribution >= 4 is 17.9 Å². The van der Waals surface area contributed by atoms with Crippen molar-refractivity contribution in [1.82, 2.24) is 0 Å². The molecule has 0 aliphatic carbocycles. The molecule has 0 aromatic heterocycles. The van der Waals surface area contributed by atoms with Crippen molar-refractivity contribution in [3.63, 3.8) is 0 Å². The van der Waals surface area contributed by atoms with Crippen LogP contribution in [0.1, 0.15) is 393 Å². The molecule has 0 aliphatic rings. The molecule has 464 valence electrons. The van der Waals surface area contributed by atoms with E-state index in [4.69, 9.17) is 14.2 Å². The van der Waals surface area contributed by atoms with Crippen molar-refractivity contribution in [1.29, 1.82) is 0 Å². The number of hydrogen-bond donors (Lipinski definition) is 0. The number of allylic oxidation sites excluding steroid dienone is 6. The molecule has 0 aromatic rings. The molecule has 0 aromatic carbocycles. The van der Waals surface area contributed by atoms with E-state index >= 15 is 0 Å². The van der Waals surface area contributed by atoms with Crippen LogP contribution < -0.4 is 0 Å². The van der Waals surface area contributed by atoms with Gasteiger partial charge in [0.05, 0.1) is 0 Å². The first-order valence-corrected chi connectivity index (χ1v) is 35.5. The van der Waals surface area contributed by atoms with Gasteiger partial charge in [0, 0.05) is 19.3 Å². The summed E-state index contributed by atoms with van der Waals surface area (Å²) in [5, 5.41) is 0. The minimum absolute atomic E-state index is 0.0686. The van der Waals surface area contributed by atoms with Crippen LogP contribution in [0.25, 0.3) is 0 Å². The Morgan fingerprint density at radius 2 is 0.456 bits per heavy atom. The quantitative estimate of drug-likeness (QED) is 0.0261. The molecule has 0 spiro atoms. The zero-order valence-corrected chi connectivity index (χ0v) is 53.4. The molecule has 1 unspecified atom stereocenters. The van der Waals surface area contributed by atoms with E-state index in [2.05, 4.69) is 57.2 Å². The van der Waals surface area contributed by atoms with Crippen molar-refractivity contribution in [2.75, 3.05) is 13.2 Å². The Balaban J connectivity index is 4.27. The monoisotopic (exact) mass is 1110 g/mol. The van der Waals surface area contributed by atoms with Gasteiger partial charge in [-0.3, -0.25) is 14.4 Å². The first kappa shape index (κ1) is 76.6. The van der Waals surface area contributed by atoms with Crippen LogP contribution in [0.3, 0.4) is 0 Å². The number of hydrogen-bond acceptors (Lipinski definition) is 6. The first-order chi connectivity index (χ1) is 39.0. The van der Waals surface area contributed by atoms with Crippen LogP contribution in [0.2, 0.25) is 0 Å². The molecule has 0 fully saturated rings. The molecule has 0 aliphatic heterocycles. The standard InChI is InChI=1S/C73H136O6/c1-4-7-10-13-16-19-22-25-28-30-32-34-35-36-37-39-40-42-45-48-51-54-57-60-63-66-72(75)78-69-70(68-77-71(74)65-62-59-56-53-50-47-44-27-24-21-18-15-12-9-6-3)79-73(76)67-64-61-58-55-52-49-46-43-41-38-33-31-29-26-23-20-17-14-11-8-5-2/h23,26,30-33,70H,4-22,24-25,27-29,34-69H2,1-3H3/b26-23-,32-30-,33-31-. The zero-order valence-electron chi connectivity index (χ0n) is 53.4. The van der Waals surface area contributed by atoms with E-state index < -0.39 is 6.10 Å². The van der Waals surface area contributed by atoms with Gasteiger partial charge in [0.25, 0.3) is 0 Å². The average molecular weight is 1110 g/mol. The Morgan fingerprint density at radius 1 is 0.253 bits per heavy atom. The van der Waals surface area contributed by atoms with Crippen molar-refractivity contribution in [2.45, 2.75) is 399 Å². The van der Waals surface area contributed by atoms with Crippen LogP contribution in [0.5, 0.6) is 0 Å². The smallest absolute Gasteiger partial charge is 0.306 e. The normalized spacial score (nSPS) is 12.2. The SMILES string of the molecule is CCCCCCC/C=C\C/C=C\CCCCCCCCCCCC(=O)OC(COC(=O)CCCCCCCCCCCCCCC/C=C\CCCCCCCCCC)COC(=O)CCCCCCCCCCCCCCCCC. The van der Waals surface area contributed by atoms with Gasteiger partial charge >= 0.3 is 17.9 Å². The molecule has 6 heteroatoms. The molecular formula is C73H136O6. The number of rotatable bonds is 66. The topological polar surface area (TPSA) is 78.9 Å². The Labute approximate surface area is 493 Å². The Kier molecular flexibility index (Phi) is 66.1. The lowest BCUT2D eigenvalue weighted by Crippen LogP contribution is -2.30. The van der Waals surface area contributed by atoms with Crippen molar-refractivity contribution < 1.29 is 28.6 Å². The van der Waals surface area contributed by atoms with Gasteiger partial charge in [-0.2, -0.15) is 0 Å². The molecule has 1 atom stereocenters. The highest BCUT2D eigenvalue weighted by atomic mass is 16.6. The van der Waals surface area contributed by atoms with Crippen LogP contribution in [-0.2, 0) is 28.6 Å². The molecule has 6 nitrogen and oxygen atoms in total. The first-order valence-electron chi connectivity index (χ1n) is 35.5. The summed E-state index contributed by atoms with van der Waals surface area (Å²) in [4.78, 5) is 38.4. The predicted molar refractivity (Wildman–Crippen MR) is 344 cm³/mol. The van der Waals surface area contributed by atoms with Gasteiger partial charge in [0.2, 0.25) is 0 Å². The summed E-state index contributed by atoms with van der Waals surface area (Å²) in [6.45, 7) is 6.70. The number of ether oxygens (including phenoxy) is 3. The van der Waals surface area contributed by atoms with Crippen LogP contribution in [0.4, 0.5) is 0 Å². The van der Waals surface area contributed by atoms with E-state index in [1.165, 1.54) is 289 Å². The summed E-state index contributed by atoms with van der Waals surface area (Å²) in [5.41, 5.74) is 0.